The molecule has 0 aliphatic rings. The van der Waals surface area contributed by atoms with Crippen molar-refractivity contribution in [2.24, 2.45) is 5.92 Å². The highest BCUT2D eigenvalue weighted by Gasteiger charge is 1.93. The van der Waals surface area contributed by atoms with Crippen molar-refractivity contribution >= 4 is 0 Å². The molecular formula is C12H27NO. The van der Waals surface area contributed by atoms with Crippen LogP contribution < -0.4 is 5.32 Å². The number of hydrogen-bond donors (Lipinski definition) is 1. The highest BCUT2D eigenvalue weighted by molar-refractivity contribution is 4.51. The Morgan fingerprint density at radius 3 is 2.21 bits per heavy atom. The molecule has 2 nitrogen and oxygen atoms in total. The van der Waals surface area contributed by atoms with Gasteiger partial charge in [-0.15, -0.1) is 0 Å². The smallest absolute Gasteiger partial charge is 0.0462 e. The average molecular weight is 201 g/mol. The molecule has 14 heavy (non-hydrogen) atoms. The second-order valence-corrected chi connectivity index (χ2v) is 4.34. The van der Waals surface area contributed by atoms with E-state index in [-0.39, 0.29) is 0 Å². The van der Waals surface area contributed by atoms with Gasteiger partial charge in [-0.1, -0.05) is 26.7 Å². The molecule has 0 amide bonds. The van der Waals surface area contributed by atoms with Crippen LogP contribution in [-0.2, 0) is 4.74 Å². The van der Waals surface area contributed by atoms with Gasteiger partial charge in [-0.05, 0) is 38.3 Å². The van der Waals surface area contributed by atoms with Crippen LogP contribution in [0, 0.1) is 5.92 Å². The fourth-order valence-electron chi connectivity index (χ4n) is 1.42. The Kier molecular flexibility index (Phi) is 10.9. The van der Waals surface area contributed by atoms with Gasteiger partial charge in [0.25, 0.3) is 0 Å². The van der Waals surface area contributed by atoms with Crippen molar-refractivity contribution in [3.05, 3.63) is 0 Å². The van der Waals surface area contributed by atoms with E-state index in [1.165, 1.54) is 38.6 Å². The minimum atomic E-state index is 0.858. The Morgan fingerprint density at radius 1 is 1.00 bits per heavy atom. The van der Waals surface area contributed by atoms with Crippen LogP contribution in [-0.4, -0.2) is 26.8 Å². The Bertz CT molecular complexity index is 104. The maximum Gasteiger partial charge on any atom is 0.0462 e. The topological polar surface area (TPSA) is 21.3 Å². The number of hydrogen-bond acceptors (Lipinski definition) is 2. The molecule has 0 rings (SSSR count). The van der Waals surface area contributed by atoms with E-state index in [0.29, 0.717) is 0 Å². The number of ether oxygens (including phenoxy) is 1. The highest BCUT2D eigenvalue weighted by Crippen LogP contribution is 2.04. The van der Waals surface area contributed by atoms with Crippen LogP contribution in [0.15, 0.2) is 0 Å². The van der Waals surface area contributed by atoms with Crippen molar-refractivity contribution in [2.75, 3.05) is 26.8 Å². The minimum Gasteiger partial charge on any atom is -0.385 e. The van der Waals surface area contributed by atoms with Crippen LogP contribution in [0.1, 0.15) is 46.0 Å². The zero-order valence-corrected chi connectivity index (χ0v) is 10.1. The Labute approximate surface area is 89.4 Å². The van der Waals surface area contributed by atoms with Gasteiger partial charge in [0.05, 0.1) is 0 Å². The van der Waals surface area contributed by atoms with Gasteiger partial charge in [-0.2, -0.15) is 0 Å². The molecule has 2 heteroatoms. The third-order valence-corrected chi connectivity index (χ3v) is 2.34. The molecule has 0 aliphatic heterocycles. The summed E-state index contributed by atoms with van der Waals surface area (Å²) in [6.45, 7) is 7.80. The SMILES string of the molecule is COCCCCNCCCCC(C)C. The first-order chi connectivity index (χ1) is 6.77. The molecule has 0 heterocycles. The molecule has 0 fully saturated rings. The lowest BCUT2D eigenvalue weighted by Crippen LogP contribution is -2.17. The fraction of sp³-hybridized carbons (Fsp3) is 1.00. The largest absolute Gasteiger partial charge is 0.385 e. The quantitative estimate of drug-likeness (QED) is 0.549. The van der Waals surface area contributed by atoms with Gasteiger partial charge in [0.1, 0.15) is 0 Å². The minimum absolute atomic E-state index is 0.858. The van der Waals surface area contributed by atoms with Gasteiger partial charge < -0.3 is 10.1 Å². The van der Waals surface area contributed by atoms with Gasteiger partial charge in [0.2, 0.25) is 0 Å². The highest BCUT2D eigenvalue weighted by atomic mass is 16.5. The Hall–Kier alpha value is -0.0800. The molecule has 0 aromatic rings. The maximum atomic E-state index is 4.99. The molecule has 1 N–H and O–H groups in total. The van der Waals surface area contributed by atoms with Crippen LogP contribution >= 0.6 is 0 Å². The molecule has 0 spiro atoms. The van der Waals surface area contributed by atoms with Gasteiger partial charge in [0, 0.05) is 13.7 Å². The first kappa shape index (κ1) is 13.9. The molecule has 0 saturated carbocycles. The summed E-state index contributed by atoms with van der Waals surface area (Å²) in [7, 11) is 1.76. The lowest BCUT2D eigenvalue weighted by molar-refractivity contribution is 0.192. The molecule has 0 aliphatic carbocycles. The molecule has 0 radical (unpaired) electrons. The van der Waals surface area contributed by atoms with E-state index in [4.69, 9.17) is 4.74 Å². The molecule has 0 aromatic heterocycles. The normalized spacial score (nSPS) is 11.1. The van der Waals surface area contributed by atoms with Crippen molar-refractivity contribution in [1.29, 1.82) is 0 Å². The van der Waals surface area contributed by atoms with Crippen LogP contribution in [0.4, 0.5) is 0 Å². The van der Waals surface area contributed by atoms with Gasteiger partial charge in [0.15, 0.2) is 0 Å². The zero-order valence-electron chi connectivity index (χ0n) is 10.1. The second-order valence-electron chi connectivity index (χ2n) is 4.34. The number of nitrogens with one attached hydrogen (secondary N) is 1. The van der Waals surface area contributed by atoms with Crippen molar-refractivity contribution in [1.82, 2.24) is 5.32 Å². The number of methoxy groups -OCH3 is 1. The molecule has 0 unspecified atom stereocenters. The summed E-state index contributed by atoms with van der Waals surface area (Å²) in [5, 5.41) is 3.46. The summed E-state index contributed by atoms with van der Waals surface area (Å²) in [6.07, 6.45) is 6.46. The van der Waals surface area contributed by atoms with E-state index >= 15 is 0 Å². The van der Waals surface area contributed by atoms with Crippen LogP contribution in [0.5, 0.6) is 0 Å². The van der Waals surface area contributed by atoms with Gasteiger partial charge in [-0.3, -0.25) is 0 Å². The lowest BCUT2D eigenvalue weighted by Gasteiger charge is -2.06. The van der Waals surface area contributed by atoms with Crippen molar-refractivity contribution < 1.29 is 4.74 Å². The molecule has 86 valence electrons. The fourth-order valence-corrected chi connectivity index (χ4v) is 1.42. The summed E-state index contributed by atoms with van der Waals surface area (Å²) < 4.78 is 4.99. The van der Waals surface area contributed by atoms with E-state index in [1.807, 2.05) is 0 Å². The predicted molar refractivity (Wildman–Crippen MR) is 62.7 cm³/mol. The molecule has 0 aromatic carbocycles. The summed E-state index contributed by atoms with van der Waals surface area (Å²) in [5.41, 5.74) is 0. The summed E-state index contributed by atoms with van der Waals surface area (Å²) in [4.78, 5) is 0. The van der Waals surface area contributed by atoms with Crippen molar-refractivity contribution in [2.45, 2.75) is 46.0 Å². The Balaban J connectivity index is 2.85. The molecular weight excluding hydrogens is 174 g/mol. The summed E-state index contributed by atoms with van der Waals surface area (Å²) >= 11 is 0. The van der Waals surface area contributed by atoms with E-state index in [2.05, 4.69) is 19.2 Å². The summed E-state index contributed by atoms with van der Waals surface area (Å²) in [5.74, 6) is 0.858. The Morgan fingerprint density at radius 2 is 1.64 bits per heavy atom. The lowest BCUT2D eigenvalue weighted by atomic mass is 10.1. The first-order valence-electron chi connectivity index (χ1n) is 5.97. The zero-order chi connectivity index (χ0) is 10.6. The molecule has 0 atom stereocenters. The number of unbranched alkanes of at least 4 members (excludes halogenated alkanes) is 2. The molecule has 0 bridgehead atoms. The average Bonchev–Trinajstić information content (AvgIpc) is 2.15. The molecule has 0 saturated heterocycles. The predicted octanol–water partition coefficient (Wildman–Crippen LogP) is 2.83. The standard InChI is InChI=1S/C12H27NO/c1-12(2)8-4-5-9-13-10-6-7-11-14-3/h12-13H,4-11H2,1-3H3. The van der Waals surface area contributed by atoms with E-state index < -0.39 is 0 Å². The van der Waals surface area contributed by atoms with E-state index in [9.17, 15) is 0 Å². The van der Waals surface area contributed by atoms with E-state index in [0.717, 1.165) is 19.1 Å². The van der Waals surface area contributed by atoms with Crippen molar-refractivity contribution in [3.8, 4) is 0 Å². The number of rotatable bonds is 10. The van der Waals surface area contributed by atoms with Crippen molar-refractivity contribution in [3.63, 3.8) is 0 Å². The van der Waals surface area contributed by atoms with Gasteiger partial charge >= 0.3 is 0 Å². The third kappa shape index (κ3) is 11.9. The van der Waals surface area contributed by atoms with Gasteiger partial charge in [-0.25, -0.2) is 0 Å². The second kappa shape index (κ2) is 11.0. The monoisotopic (exact) mass is 201 g/mol. The van der Waals surface area contributed by atoms with Crippen LogP contribution in [0.2, 0.25) is 0 Å². The maximum absolute atomic E-state index is 4.99. The first-order valence-corrected chi connectivity index (χ1v) is 5.97. The van der Waals surface area contributed by atoms with Crippen LogP contribution in [0.3, 0.4) is 0 Å². The van der Waals surface area contributed by atoms with Crippen LogP contribution in [0.25, 0.3) is 0 Å². The third-order valence-electron chi connectivity index (χ3n) is 2.34. The summed E-state index contributed by atoms with van der Waals surface area (Å²) in [6, 6.07) is 0. The van der Waals surface area contributed by atoms with E-state index in [1.54, 1.807) is 7.11 Å².